The first kappa shape index (κ1) is 19.2. The zero-order chi connectivity index (χ0) is 17.8. The van der Waals surface area contributed by atoms with Crippen LogP contribution in [0.1, 0.15) is 40.2 Å². The van der Waals surface area contributed by atoms with Gasteiger partial charge in [-0.1, -0.05) is 39.8 Å². The lowest BCUT2D eigenvalue weighted by Crippen LogP contribution is -2.42. The van der Waals surface area contributed by atoms with E-state index in [9.17, 15) is 9.59 Å². The molecule has 2 atom stereocenters. The number of aliphatic carboxylic acids is 1. The number of nitrogens with one attached hydrogen (secondary N) is 1. The molecule has 0 fully saturated rings. The number of carbonyl (C=O) groups is 2. The van der Waals surface area contributed by atoms with Crippen LogP contribution >= 0.6 is 0 Å². The topological polar surface area (TPSA) is 69.6 Å². The molecule has 0 aliphatic rings. The molecule has 1 aromatic carbocycles. The summed E-state index contributed by atoms with van der Waals surface area (Å²) in [5.74, 6) is -1.52. The maximum atomic E-state index is 12.3. The maximum absolute atomic E-state index is 12.3. The molecule has 0 saturated heterocycles. The van der Waals surface area contributed by atoms with E-state index in [1.807, 2.05) is 24.3 Å². The number of nitrogens with zero attached hydrogens (tertiary/aromatic N) is 1. The number of carboxylic acid groups (broad SMARTS) is 1. The van der Waals surface area contributed by atoms with Crippen molar-refractivity contribution < 1.29 is 14.7 Å². The Labute approximate surface area is 138 Å². The molecule has 2 unspecified atom stereocenters. The van der Waals surface area contributed by atoms with Gasteiger partial charge in [-0.3, -0.25) is 14.5 Å². The van der Waals surface area contributed by atoms with Gasteiger partial charge in [-0.15, -0.1) is 0 Å². The number of hydrogen-bond donors (Lipinski definition) is 2. The Morgan fingerprint density at radius 3 is 2.13 bits per heavy atom. The van der Waals surface area contributed by atoms with Crippen LogP contribution in [-0.4, -0.2) is 41.5 Å². The summed E-state index contributed by atoms with van der Waals surface area (Å²) in [6, 6.07) is 7.41. The fourth-order valence-corrected chi connectivity index (χ4v) is 2.17. The van der Waals surface area contributed by atoms with Gasteiger partial charge in [0.25, 0.3) is 0 Å². The molecule has 0 aliphatic heterocycles. The highest BCUT2D eigenvalue weighted by Gasteiger charge is 2.22. The van der Waals surface area contributed by atoms with E-state index in [2.05, 4.69) is 26.1 Å². The first-order valence-electron chi connectivity index (χ1n) is 7.87. The molecular formula is C18H28N2O3. The van der Waals surface area contributed by atoms with Crippen LogP contribution in [0, 0.1) is 5.92 Å². The van der Waals surface area contributed by atoms with E-state index in [0.717, 1.165) is 5.69 Å². The van der Waals surface area contributed by atoms with Crippen molar-refractivity contribution in [3.05, 3.63) is 29.8 Å². The van der Waals surface area contributed by atoms with Crippen LogP contribution in [0.3, 0.4) is 0 Å². The molecule has 1 aromatic rings. The van der Waals surface area contributed by atoms with E-state index in [1.165, 1.54) is 5.56 Å². The highest BCUT2D eigenvalue weighted by atomic mass is 16.4. The van der Waals surface area contributed by atoms with E-state index in [-0.39, 0.29) is 11.3 Å². The fraction of sp³-hybridized carbons (Fsp3) is 0.556. The smallest absolute Gasteiger partial charge is 0.307 e. The molecule has 0 bridgehead atoms. The number of hydrogen-bond acceptors (Lipinski definition) is 3. The third-order valence-corrected chi connectivity index (χ3v) is 4.04. The van der Waals surface area contributed by atoms with Crippen LogP contribution in [0.15, 0.2) is 24.3 Å². The second-order valence-electron chi connectivity index (χ2n) is 7.17. The Balaban J connectivity index is 2.66. The average molecular weight is 320 g/mol. The predicted octanol–water partition coefficient (Wildman–Crippen LogP) is 2.96. The van der Waals surface area contributed by atoms with E-state index in [4.69, 9.17) is 5.11 Å². The summed E-state index contributed by atoms with van der Waals surface area (Å²) >= 11 is 0. The molecular weight excluding hydrogens is 292 g/mol. The molecule has 1 rings (SSSR count). The van der Waals surface area contributed by atoms with Crippen molar-refractivity contribution in [2.45, 2.75) is 46.1 Å². The van der Waals surface area contributed by atoms with Crippen LogP contribution < -0.4 is 5.32 Å². The predicted molar refractivity (Wildman–Crippen MR) is 92.7 cm³/mol. The van der Waals surface area contributed by atoms with Crippen LogP contribution in [-0.2, 0) is 15.0 Å². The minimum absolute atomic E-state index is 0.0724. The van der Waals surface area contributed by atoms with Crippen LogP contribution in [0.5, 0.6) is 0 Å². The van der Waals surface area contributed by atoms with Gasteiger partial charge in [0.1, 0.15) is 0 Å². The Morgan fingerprint density at radius 1 is 1.17 bits per heavy atom. The van der Waals surface area contributed by atoms with Gasteiger partial charge in [-0.25, -0.2) is 0 Å². The lowest BCUT2D eigenvalue weighted by atomic mass is 9.87. The average Bonchev–Trinajstić information content (AvgIpc) is 2.45. The lowest BCUT2D eigenvalue weighted by Gasteiger charge is -2.25. The van der Waals surface area contributed by atoms with Crippen LogP contribution in [0.4, 0.5) is 5.69 Å². The van der Waals surface area contributed by atoms with Crippen molar-refractivity contribution >= 4 is 17.6 Å². The molecule has 2 N–H and O–H groups in total. The molecule has 0 radical (unpaired) electrons. The lowest BCUT2D eigenvalue weighted by molar-refractivity contribution is -0.142. The zero-order valence-corrected chi connectivity index (χ0v) is 14.9. The van der Waals surface area contributed by atoms with E-state index in [0.29, 0.717) is 6.54 Å². The number of carboxylic acids is 1. The molecule has 0 saturated carbocycles. The maximum Gasteiger partial charge on any atom is 0.307 e. The van der Waals surface area contributed by atoms with E-state index in [1.54, 1.807) is 25.8 Å². The second kappa shape index (κ2) is 7.59. The Bertz CT molecular complexity index is 546. The number of benzene rings is 1. The number of rotatable bonds is 6. The number of anilines is 1. The van der Waals surface area contributed by atoms with Crippen molar-refractivity contribution in [1.82, 2.24) is 4.90 Å². The minimum atomic E-state index is -0.859. The molecule has 0 aromatic heterocycles. The SMILES string of the molecule is CC(CN(C)C(C)C(=O)Nc1ccc(C(C)(C)C)cc1)C(=O)O. The van der Waals surface area contributed by atoms with Gasteiger partial charge in [0.05, 0.1) is 12.0 Å². The number of carbonyl (C=O) groups excluding carboxylic acids is 1. The van der Waals surface area contributed by atoms with E-state index >= 15 is 0 Å². The van der Waals surface area contributed by atoms with Crippen molar-refractivity contribution in [2.24, 2.45) is 5.92 Å². The Kier molecular flexibility index (Phi) is 6.33. The van der Waals surface area contributed by atoms with Gasteiger partial charge in [0.15, 0.2) is 0 Å². The van der Waals surface area contributed by atoms with Gasteiger partial charge in [-0.2, -0.15) is 0 Å². The van der Waals surface area contributed by atoms with Gasteiger partial charge < -0.3 is 10.4 Å². The molecule has 5 heteroatoms. The minimum Gasteiger partial charge on any atom is -0.481 e. The summed E-state index contributed by atoms with van der Waals surface area (Å²) in [5, 5.41) is 11.8. The first-order chi connectivity index (χ1) is 10.5. The van der Waals surface area contributed by atoms with Gasteiger partial charge in [0, 0.05) is 12.2 Å². The fourth-order valence-electron chi connectivity index (χ4n) is 2.17. The normalized spacial score (nSPS) is 14.4. The summed E-state index contributed by atoms with van der Waals surface area (Å²) < 4.78 is 0. The molecule has 0 spiro atoms. The van der Waals surface area contributed by atoms with E-state index < -0.39 is 17.9 Å². The van der Waals surface area contributed by atoms with Gasteiger partial charge in [-0.05, 0) is 37.1 Å². The Morgan fingerprint density at radius 2 is 1.70 bits per heavy atom. The molecule has 128 valence electrons. The summed E-state index contributed by atoms with van der Waals surface area (Å²) in [4.78, 5) is 24.9. The summed E-state index contributed by atoms with van der Waals surface area (Å²) in [6.07, 6.45) is 0. The van der Waals surface area contributed by atoms with Crippen molar-refractivity contribution in [2.75, 3.05) is 18.9 Å². The van der Waals surface area contributed by atoms with Crippen LogP contribution in [0.2, 0.25) is 0 Å². The monoisotopic (exact) mass is 320 g/mol. The van der Waals surface area contributed by atoms with Gasteiger partial charge in [0.2, 0.25) is 5.91 Å². The zero-order valence-electron chi connectivity index (χ0n) is 14.9. The van der Waals surface area contributed by atoms with Crippen molar-refractivity contribution in [1.29, 1.82) is 0 Å². The molecule has 5 nitrogen and oxygen atoms in total. The summed E-state index contributed by atoms with van der Waals surface area (Å²) in [7, 11) is 1.76. The highest BCUT2D eigenvalue weighted by molar-refractivity contribution is 5.94. The molecule has 23 heavy (non-hydrogen) atoms. The summed E-state index contributed by atoms with van der Waals surface area (Å²) in [5.41, 5.74) is 2.02. The number of amides is 1. The quantitative estimate of drug-likeness (QED) is 0.845. The largest absolute Gasteiger partial charge is 0.481 e. The van der Waals surface area contributed by atoms with Gasteiger partial charge >= 0.3 is 5.97 Å². The molecule has 0 heterocycles. The second-order valence-corrected chi connectivity index (χ2v) is 7.17. The molecule has 1 amide bonds. The third kappa shape index (κ3) is 5.67. The van der Waals surface area contributed by atoms with Crippen LogP contribution in [0.25, 0.3) is 0 Å². The number of likely N-dealkylation sites (N-methyl/N-ethyl adjacent to an activating group) is 1. The standard InChI is InChI=1S/C18H28N2O3/c1-12(17(22)23)11-20(6)13(2)16(21)19-15-9-7-14(8-10-15)18(3,4)5/h7-10,12-13H,11H2,1-6H3,(H,19,21)(H,22,23). The first-order valence-corrected chi connectivity index (χ1v) is 7.87. The third-order valence-electron chi connectivity index (χ3n) is 4.04. The highest BCUT2D eigenvalue weighted by Crippen LogP contribution is 2.23. The van der Waals surface area contributed by atoms with Crippen molar-refractivity contribution in [3.63, 3.8) is 0 Å². The Hall–Kier alpha value is -1.88. The summed E-state index contributed by atoms with van der Waals surface area (Å²) in [6.45, 7) is 10.2. The van der Waals surface area contributed by atoms with Crippen molar-refractivity contribution in [3.8, 4) is 0 Å². The molecule has 0 aliphatic carbocycles.